The number of hydrogen-bond donors (Lipinski definition) is 2. The highest BCUT2D eigenvalue weighted by Gasteiger charge is 2.23. The SMILES string of the molecule is Cc1ccc(C(O)[C@@H]2CCNC2)cc1. The third-order valence-electron chi connectivity index (χ3n) is 2.96. The van der Waals surface area contributed by atoms with Crippen molar-refractivity contribution in [2.24, 2.45) is 5.92 Å². The van der Waals surface area contributed by atoms with Crippen LogP contribution in [0, 0.1) is 12.8 Å². The van der Waals surface area contributed by atoms with Crippen LogP contribution < -0.4 is 5.32 Å². The van der Waals surface area contributed by atoms with Crippen LogP contribution in [0.5, 0.6) is 0 Å². The highest BCUT2D eigenvalue weighted by Crippen LogP contribution is 2.26. The van der Waals surface area contributed by atoms with Gasteiger partial charge in [-0.05, 0) is 25.5 Å². The largest absolute Gasteiger partial charge is 0.388 e. The number of aryl methyl sites for hydroxylation is 1. The summed E-state index contributed by atoms with van der Waals surface area (Å²) in [6.07, 6.45) is 0.778. The number of nitrogens with one attached hydrogen (secondary N) is 1. The zero-order valence-electron chi connectivity index (χ0n) is 8.53. The molecule has 0 spiro atoms. The summed E-state index contributed by atoms with van der Waals surface area (Å²) in [6.45, 7) is 4.04. The average molecular weight is 191 g/mol. The summed E-state index contributed by atoms with van der Waals surface area (Å²) in [5.41, 5.74) is 2.29. The van der Waals surface area contributed by atoms with E-state index in [4.69, 9.17) is 0 Å². The van der Waals surface area contributed by atoms with Crippen molar-refractivity contribution in [1.29, 1.82) is 0 Å². The van der Waals surface area contributed by atoms with Crippen molar-refractivity contribution in [1.82, 2.24) is 5.32 Å². The summed E-state index contributed by atoms with van der Waals surface area (Å²) in [6, 6.07) is 8.17. The molecule has 0 saturated carbocycles. The lowest BCUT2D eigenvalue weighted by Crippen LogP contribution is -2.16. The van der Waals surface area contributed by atoms with Gasteiger partial charge in [0.25, 0.3) is 0 Å². The first-order valence-corrected chi connectivity index (χ1v) is 5.23. The monoisotopic (exact) mass is 191 g/mol. The molecule has 0 amide bonds. The summed E-state index contributed by atoms with van der Waals surface area (Å²) < 4.78 is 0. The van der Waals surface area contributed by atoms with Gasteiger partial charge in [-0.1, -0.05) is 29.8 Å². The van der Waals surface area contributed by atoms with Crippen LogP contribution in [0.2, 0.25) is 0 Å². The third-order valence-corrected chi connectivity index (χ3v) is 2.96. The van der Waals surface area contributed by atoms with Crippen molar-refractivity contribution in [3.63, 3.8) is 0 Å². The Labute approximate surface area is 85.0 Å². The van der Waals surface area contributed by atoms with E-state index in [1.807, 2.05) is 12.1 Å². The molecule has 2 nitrogen and oxygen atoms in total. The summed E-state index contributed by atoms with van der Waals surface area (Å²) in [4.78, 5) is 0. The second-order valence-electron chi connectivity index (χ2n) is 4.11. The standard InChI is InChI=1S/C12H17NO/c1-9-2-4-10(5-3-9)12(14)11-6-7-13-8-11/h2-5,11-14H,6-8H2,1H3/t11-,12?/m1/s1. The second kappa shape index (κ2) is 4.11. The van der Waals surface area contributed by atoms with Crippen molar-refractivity contribution in [3.8, 4) is 0 Å². The minimum absolute atomic E-state index is 0.300. The van der Waals surface area contributed by atoms with E-state index in [0.717, 1.165) is 25.1 Å². The number of rotatable bonds is 2. The molecule has 2 atom stereocenters. The first-order valence-electron chi connectivity index (χ1n) is 5.23. The minimum Gasteiger partial charge on any atom is -0.388 e. The summed E-state index contributed by atoms with van der Waals surface area (Å²) >= 11 is 0. The first kappa shape index (κ1) is 9.69. The van der Waals surface area contributed by atoms with Crippen molar-refractivity contribution in [2.45, 2.75) is 19.4 Å². The molecular weight excluding hydrogens is 174 g/mol. The maximum atomic E-state index is 10.1. The van der Waals surface area contributed by atoms with E-state index in [1.54, 1.807) is 0 Å². The molecule has 0 radical (unpaired) electrons. The smallest absolute Gasteiger partial charge is 0.0830 e. The van der Waals surface area contributed by atoms with E-state index in [2.05, 4.69) is 24.4 Å². The summed E-state index contributed by atoms with van der Waals surface area (Å²) in [7, 11) is 0. The highest BCUT2D eigenvalue weighted by molar-refractivity contribution is 5.23. The first-order chi connectivity index (χ1) is 6.77. The van der Waals surface area contributed by atoms with Gasteiger partial charge in [0, 0.05) is 12.5 Å². The van der Waals surface area contributed by atoms with Gasteiger partial charge in [0.15, 0.2) is 0 Å². The molecular formula is C12H17NO. The van der Waals surface area contributed by atoms with Crippen LogP contribution in [0.4, 0.5) is 0 Å². The quantitative estimate of drug-likeness (QED) is 0.744. The Hall–Kier alpha value is -0.860. The Bertz CT molecular complexity index is 288. The Kier molecular flexibility index (Phi) is 2.85. The Morgan fingerprint density at radius 1 is 1.36 bits per heavy atom. The van der Waals surface area contributed by atoms with Gasteiger partial charge in [0.05, 0.1) is 6.10 Å². The van der Waals surface area contributed by atoms with E-state index in [1.165, 1.54) is 5.56 Å². The molecule has 1 fully saturated rings. The Balaban J connectivity index is 2.09. The van der Waals surface area contributed by atoms with Gasteiger partial charge in [-0.15, -0.1) is 0 Å². The fraction of sp³-hybridized carbons (Fsp3) is 0.500. The third kappa shape index (κ3) is 1.97. The average Bonchev–Trinajstić information content (AvgIpc) is 2.71. The zero-order chi connectivity index (χ0) is 9.97. The van der Waals surface area contributed by atoms with E-state index >= 15 is 0 Å². The van der Waals surface area contributed by atoms with Crippen molar-refractivity contribution in [3.05, 3.63) is 35.4 Å². The second-order valence-corrected chi connectivity index (χ2v) is 4.11. The summed E-state index contributed by atoms with van der Waals surface area (Å²) in [5.74, 6) is 0.387. The molecule has 0 bridgehead atoms. The van der Waals surface area contributed by atoms with E-state index in [-0.39, 0.29) is 6.10 Å². The van der Waals surface area contributed by atoms with E-state index in [0.29, 0.717) is 5.92 Å². The fourth-order valence-corrected chi connectivity index (χ4v) is 1.98. The molecule has 2 rings (SSSR count). The summed E-state index contributed by atoms with van der Waals surface area (Å²) in [5, 5.41) is 13.3. The molecule has 1 aromatic rings. The van der Waals surface area contributed by atoms with Crippen LogP contribution in [0.25, 0.3) is 0 Å². The number of aliphatic hydroxyl groups excluding tert-OH is 1. The lowest BCUT2D eigenvalue weighted by atomic mass is 9.95. The van der Waals surface area contributed by atoms with Crippen molar-refractivity contribution in [2.75, 3.05) is 13.1 Å². The van der Waals surface area contributed by atoms with Gasteiger partial charge >= 0.3 is 0 Å². The van der Waals surface area contributed by atoms with E-state index < -0.39 is 0 Å². The zero-order valence-corrected chi connectivity index (χ0v) is 8.53. The topological polar surface area (TPSA) is 32.3 Å². The van der Waals surface area contributed by atoms with Crippen LogP contribution in [-0.4, -0.2) is 18.2 Å². The molecule has 0 aromatic heterocycles. The van der Waals surface area contributed by atoms with Crippen molar-refractivity contribution < 1.29 is 5.11 Å². The molecule has 1 aliphatic heterocycles. The van der Waals surface area contributed by atoms with E-state index in [9.17, 15) is 5.11 Å². The Morgan fingerprint density at radius 2 is 2.07 bits per heavy atom. The molecule has 1 aliphatic rings. The minimum atomic E-state index is -0.300. The fourth-order valence-electron chi connectivity index (χ4n) is 1.98. The van der Waals surface area contributed by atoms with Crippen LogP contribution in [-0.2, 0) is 0 Å². The predicted molar refractivity (Wildman–Crippen MR) is 57.1 cm³/mol. The molecule has 76 valence electrons. The molecule has 1 unspecified atom stereocenters. The van der Waals surface area contributed by atoms with Crippen LogP contribution in [0.3, 0.4) is 0 Å². The van der Waals surface area contributed by atoms with Gasteiger partial charge in [-0.2, -0.15) is 0 Å². The number of hydrogen-bond acceptors (Lipinski definition) is 2. The van der Waals surface area contributed by atoms with Gasteiger partial charge in [0.2, 0.25) is 0 Å². The van der Waals surface area contributed by atoms with Gasteiger partial charge in [0.1, 0.15) is 0 Å². The van der Waals surface area contributed by atoms with Crippen LogP contribution >= 0.6 is 0 Å². The molecule has 0 aliphatic carbocycles. The van der Waals surface area contributed by atoms with Gasteiger partial charge in [-0.3, -0.25) is 0 Å². The maximum Gasteiger partial charge on any atom is 0.0830 e. The van der Waals surface area contributed by atoms with Gasteiger partial charge in [-0.25, -0.2) is 0 Å². The van der Waals surface area contributed by atoms with Crippen LogP contribution in [0.1, 0.15) is 23.7 Å². The molecule has 1 aromatic carbocycles. The predicted octanol–water partition coefficient (Wildman–Crippen LogP) is 1.64. The number of benzene rings is 1. The molecule has 1 heterocycles. The number of aliphatic hydroxyl groups is 1. The highest BCUT2D eigenvalue weighted by atomic mass is 16.3. The normalized spacial score (nSPS) is 23.7. The molecule has 2 N–H and O–H groups in total. The maximum absolute atomic E-state index is 10.1. The lowest BCUT2D eigenvalue weighted by molar-refractivity contribution is 0.118. The molecule has 14 heavy (non-hydrogen) atoms. The molecule has 2 heteroatoms. The van der Waals surface area contributed by atoms with Gasteiger partial charge < -0.3 is 10.4 Å². The van der Waals surface area contributed by atoms with Crippen LogP contribution in [0.15, 0.2) is 24.3 Å². The lowest BCUT2D eigenvalue weighted by Gasteiger charge is -2.17. The molecule has 1 saturated heterocycles. The van der Waals surface area contributed by atoms with Crippen molar-refractivity contribution >= 4 is 0 Å². The Morgan fingerprint density at radius 3 is 2.64 bits per heavy atom.